The Morgan fingerprint density at radius 2 is 1.78 bits per heavy atom. The molecule has 98 valence electrons. The van der Waals surface area contributed by atoms with Crippen molar-refractivity contribution in [3.05, 3.63) is 35.4 Å². The van der Waals surface area contributed by atoms with Crippen LogP contribution in [0.4, 0.5) is 0 Å². The Morgan fingerprint density at radius 3 is 2.22 bits per heavy atom. The summed E-state index contributed by atoms with van der Waals surface area (Å²) in [6, 6.07) is 8.58. The maximum absolute atomic E-state index is 12.2. The van der Waals surface area contributed by atoms with E-state index in [0.717, 1.165) is 12.8 Å². The van der Waals surface area contributed by atoms with E-state index in [9.17, 15) is 4.79 Å². The minimum absolute atomic E-state index is 0.00898. The van der Waals surface area contributed by atoms with Gasteiger partial charge in [0, 0.05) is 6.04 Å². The van der Waals surface area contributed by atoms with E-state index in [1.54, 1.807) is 0 Å². The van der Waals surface area contributed by atoms with Crippen LogP contribution in [0.25, 0.3) is 0 Å². The molecule has 0 spiro atoms. The van der Waals surface area contributed by atoms with Gasteiger partial charge in [-0.15, -0.1) is 0 Å². The number of hydrogen-bond donors (Lipinski definition) is 2. The predicted octanol–water partition coefficient (Wildman–Crippen LogP) is 1.79. The van der Waals surface area contributed by atoms with Gasteiger partial charge in [0.15, 0.2) is 0 Å². The van der Waals surface area contributed by atoms with Gasteiger partial charge in [-0.3, -0.25) is 4.79 Å². The van der Waals surface area contributed by atoms with Crippen LogP contribution in [-0.2, 0) is 17.6 Å². The third-order valence-corrected chi connectivity index (χ3v) is 4.10. The van der Waals surface area contributed by atoms with E-state index >= 15 is 0 Å². The first-order valence-corrected chi connectivity index (χ1v) is 6.75. The molecule has 1 aliphatic carbocycles. The van der Waals surface area contributed by atoms with Crippen molar-refractivity contribution in [2.24, 2.45) is 5.73 Å². The van der Waals surface area contributed by atoms with Gasteiger partial charge in [0.1, 0.15) is 0 Å². The summed E-state index contributed by atoms with van der Waals surface area (Å²) >= 11 is 0. The predicted molar refractivity (Wildman–Crippen MR) is 73.3 cm³/mol. The van der Waals surface area contributed by atoms with Gasteiger partial charge in [-0.25, -0.2) is 0 Å². The van der Waals surface area contributed by atoms with Crippen LogP contribution in [-0.4, -0.2) is 17.5 Å². The molecule has 0 aliphatic heterocycles. The Labute approximate surface area is 109 Å². The van der Waals surface area contributed by atoms with Crippen LogP contribution in [0.5, 0.6) is 0 Å². The molecule has 0 bridgehead atoms. The Kier molecular flexibility index (Phi) is 3.71. The fraction of sp³-hybridized carbons (Fsp3) is 0.533. The van der Waals surface area contributed by atoms with Crippen molar-refractivity contribution < 1.29 is 4.79 Å². The second kappa shape index (κ2) is 5.11. The molecule has 2 rings (SSSR count). The number of nitrogens with two attached hydrogens (primary N) is 1. The minimum atomic E-state index is -0.714. The van der Waals surface area contributed by atoms with Gasteiger partial charge >= 0.3 is 0 Å². The maximum atomic E-state index is 12.2. The van der Waals surface area contributed by atoms with Crippen molar-refractivity contribution in [3.63, 3.8) is 0 Å². The van der Waals surface area contributed by atoms with Crippen LogP contribution in [0.3, 0.4) is 0 Å². The van der Waals surface area contributed by atoms with Gasteiger partial charge in [0.25, 0.3) is 0 Å². The topological polar surface area (TPSA) is 55.1 Å². The van der Waals surface area contributed by atoms with Gasteiger partial charge in [-0.1, -0.05) is 38.1 Å². The molecular formula is C15H22N2O. The Balaban J connectivity index is 2.00. The zero-order chi connectivity index (χ0) is 13.2. The second-order valence-corrected chi connectivity index (χ2v) is 5.21. The molecule has 1 amide bonds. The van der Waals surface area contributed by atoms with E-state index in [4.69, 9.17) is 5.73 Å². The minimum Gasteiger partial charge on any atom is -0.351 e. The summed E-state index contributed by atoms with van der Waals surface area (Å²) < 4.78 is 0. The van der Waals surface area contributed by atoms with E-state index in [1.807, 2.05) is 26.0 Å². The van der Waals surface area contributed by atoms with Crippen LogP contribution in [0.1, 0.15) is 37.8 Å². The van der Waals surface area contributed by atoms with Gasteiger partial charge in [-0.05, 0) is 36.8 Å². The van der Waals surface area contributed by atoms with Crippen molar-refractivity contribution in [1.29, 1.82) is 0 Å². The molecule has 0 unspecified atom stereocenters. The molecule has 1 aromatic carbocycles. The Bertz CT molecular complexity index is 413. The van der Waals surface area contributed by atoms with Crippen molar-refractivity contribution >= 4 is 5.91 Å². The largest absolute Gasteiger partial charge is 0.351 e. The Morgan fingerprint density at radius 1 is 1.28 bits per heavy atom. The van der Waals surface area contributed by atoms with Crippen LogP contribution in [0.15, 0.2) is 24.3 Å². The lowest BCUT2D eigenvalue weighted by atomic mass is 9.92. The molecule has 3 nitrogen and oxygen atoms in total. The molecule has 0 fully saturated rings. The van der Waals surface area contributed by atoms with Crippen LogP contribution >= 0.6 is 0 Å². The van der Waals surface area contributed by atoms with Crippen molar-refractivity contribution in [2.45, 2.75) is 51.1 Å². The molecule has 0 saturated heterocycles. The summed E-state index contributed by atoms with van der Waals surface area (Å²) in [6.45, 7) is 3.93. The molecule has 3 heteroatoms. The van der Waals surface area contributed by atoms with Gasteiger partial charge in [0.05, 0.1) is 5.54 Å². The number of nitrogens with one attached hydrogen (secondary N) is 1. The van der Waals surface area contributed by atoms with E-state index in [0.29, 0.717) is 12.8 Å². The van der Waals surface area contributed by atoms with Crippen LogP contribution < -0.4 is 11.1 Å². The quantitative estimate of drug-likeness (QED) is 0.851. The Hall–Kier alpha value is -1.35. The standard InChI is InChI=1S/C15H22N2O/c1-3-15(16,4-2)14(18)17-13-9-11-7-5-6-8-12(11)10-13/h5-8,13H,3-4,9-10,16H2,1-2H3,(H,17,18). The fourth-order valence-corrected chi connectivity index (χ4v) is 2.56. The smallest absolute Gasteiger partial charge is 0.240 e. The summed E-state index contributed by atoms with van der Waals surface area (Å²) in [5, 5.41) is 3.10. The summed E-state index contributed by atoms with van der Waals surface area (Å²) in [5.41, 5.74) is 8.09. The third kappa shape index (κ3) is 2.41. The highest BCUT2D eigenvalue weighted by atomic mass is 16.2. The summed E-state index contributed by atoms with van der Waals surface area (Å²) in [5.74, 6) is -0.00898. The molecule has 1 aromatic rings. The summed E-state index contributed by atoms with van der Waals surface area (Å²) in [6.07, 6.45) is 3.20. The first-order chi connectivity index (χ1) is 8.59. The third-order valence-electron chi connectivity index (χ3n) is 4.10. The summed E-state index contributed by atoms with van der Waals surface area (Å²) in [4.78, 5) is 12.2. The highest BCUT2D eigenvalue weighted by Crippen LogP contribution is 2.22. The number of fused-ring (bicyclic) bond motifs is 1. The molecule has 0 aromatic heterocycles. The van der Waals surface area contributed by atoms with Crippen molar-refractivity contribution in [3.8, 4) is 0 Å². The van der Waals surface area contributed by atoms with E-state index in [1.165, 1.54) is 11.1 Å². The lowest BCUT2D eigenvalue weighted by molar-refractivity contribution is -0.127. The molecule has 0 saturated carbocycles. The number of benzene rings is 1. The molecule has 1 aliphatic rings. The van der Waals surface area contributed by atoms with Gasteiger partial charge in [0.2, 0.25) is 5.91 Å². The number of carbonyl (C=O) groups is 1. The SMILES string of the molecule is CCC(N)(CC)C(=O)NC1Cc2ccccc2C1. The maximum Gasteiger partial charge on any atom is 0.240 e. The van der Waals surface area contributed by atoms with Gasteiger partial charge < -0.3 is 11.1 Å². The fourth-order valence-electron chi connectivity index (χ4n) is 2.56. The van der Waals surface area contributed by atoms with E-state index < -0.39 is 5.54 Å². The van der Waals surface area contributed by atoms with Crippen LogP contribution in [0, 0.1) is 0 Å². The van der Waals surface area contributed by atoms with Gasteiger partial charge in [-0.2, -0.15) is 0 Å². The molecular weight excluding hydrogens is 224 g/mol. The van der Waals surface area contributed by atoms with E-state index in [-0.39, 0.29) is 11.9 Å². The highest BCUT2D eigenvalue weighted by Gasteiger charge is 2.32. The number of amides is 1. The average Bonchev–Trinajstić information content (AvgIpc) is 2.79. The normalized spacial score (nSPS) is 15.5. The zero-order valence-corrected chi connectivity index (χ0v) is 11.2. The highest BCUT2D eigenvalue weighted by molar-refractivity contribution is 5.86. The molecule has 0 atom stereocenters. The average molecular weight is 246 g/mol. The second-order valence-electron chi connectivity index (χ2n) is 5.21. The lowest BCUT2D eigenvalue weighted by Crippen LogP contribution is -2.55. The molecule has 18 heavy (non-hydrogen) atoms. The van der Waals surface area contributed by atoms with E-state index in [2.05, 4.69) is 17.4 Å². The lowest BCUT2D eigenvalue weighted by Gasteiger charge is -2.27. The van der Waals surface area contributed by atoms with Crippen molar-refractivity contribution in [2.75, 3.05) is 0 Å². The number of carbonyl (C=O) groups excluding carboxylic acids is 1. The van der Waals surface area contributed by atoms with Crippen LogP contribution in [0.2, 0.25) is 0 Å². The van der Waals surface area contributed by atoms with Crippen molar-refractivity contribution in [1.82, 2.24) is 5.32 Å². The number of rotatable bonds is 4. The molecule has 3 N–H and O–H groups in total. The molecule has 0 heterocycles. The summed E-state index contributed by atoms with van der Waals surface area (Å²) in [7, 11) is 0. The molecule has 0 radical (unpaired) electrons. The zero-order valence-electron chi connectivity index (χ0n) is 11.2. The monoisotopic (exact) mass is 246 g/mol. The first-order valence-electron chi connectivity index (χ1n) is 6.75. The number of hydrogen-bond acceptors (Lipinski definition) is 2. The first kappa shape index (κ1) is 13.1.